The molecule has 1 aliphatic rings. The summed E-state index contributed by atoms with van der Waals surface area (Å²) in [5.41, 5.74) is -1.30. The molecule has 116 valence electrons. The summed E-state index contributed by atoms with van der Waals surface area (Å²) < 4.78 is 5.14. The SMILES string of the molecule is CC(Cc1cccs1)N(C)C(=O)NC1(C(=O)O)CCOC1. The van der Waals surface area contributed by atoms with Gasteiger partial charge in [-0.2, -0.15) is 0 Å². The maximum atomic E-state index is 12.3. The van der Waals surface area contributed by atoms with Crippen LogP contribution in [0.15, 0.2) is 17.5 Å². The Balaban J connectivity index is 1.96. The Hall–Kier alpha value is -1.60. The Kier molecular flexibility index (Phi) is 4.84. The van der Waals surface area contributed by atoms with Crippen LogP contribution in [0.2, 0.25) is 0 Å². The smallest absolute Gasteiger partial charge is 0.332 e. The van der Waals surface area contributed by atoms with Crippen molar-refractivity contribution in [2.45, 2.75) is 31.3 Å². The molecular weight excluding hydrogens is 292 g/mol. The zero-order chi connectivity index (χ0) is 15.5. The molecule has 1 saturated heterocycles. The van der Waals surface area contributed by atoms with Crippen molar-refractivity contribution in [3.63, 3.8) is 0 Å². The largest absolute Gasteiger partial charge is 0.479 e. The number of carbonyl (C=O) groups excluding carboxylic acids is 1. The van der Waals surface area contributed by atoms with Gasteiger partial charge in [0.25, 0.3) is 0 Å². The molecule has 0 aromatic carbocycles. The fourth-order valence-corrected chi connectivity index (χ4v) is 3.06. The van der Waals surface area contributed by atoms with Crippen molar-refractivity contribution in [1.29, 1.82) is 0 Å². The summed E-state index contributed by atoms with van der Waals surface area (Å²) in [7, 11) is 1.68. The molecule has 0 saturated carbocycles. The number of nitrogens with one attached hydrogen (secondary N) is 1. The van der Waals surface area contributed by atoms with Gasteiger partial charge in [-0.15, -0.1) is 11.3 Å². The number of likely N-dealkylation sites (N-methyl/N-ethyl adjacent to an activating group) is 1. The minimum Gasteiger partial charge on any atom is -0.479 e. The summed E-state index contributed by atoms with van der Waals surface area (Å²) in [5.74, 6) is -1.05. The van der Waals surface area contributed by atoms with Crippen LogP contribution >= 0.6 is 11.3 Å². The number of aliphatic carboxylic acids is 1. The van der Waals surface area contributed by atoms with Crippen molar-refractivity contribution in [3.05, 3.63) is 22.4 Å². The van der Waals surface area contributed by atoms with E-state index in [1.807, 2.05) is 24.4 Å². The first-order chi connectivity index (χ1) is 9.94. The molecule has 2 atom stereocenters. The summed E-state index contributed by atoms with van der Waals surface area (Å²) in [6.45, 7) is 2.31. The lowest BCUT2D eigenvalue weighted by atomic mass is 9.99. The molecule has 0 radical (unpaired) electrons. The molecule has 0 bridgehead atoms. The Bertz CT molecular complexity index is 497. The molecule has 1 fully saturated rings. The predicted octanol–water partition coefficient (Wildman–Crippen LogP) is 1.56. The van der Waals surface area contributed by atoms with Gasteiger partial charge in [-0.1, -0.05) is 6.07 Å². The number of carboxylic acids is 1. The fourth-order valence-electron chi connectivity index (χ4n) is 2.24. The minimum absolute atomic E-state index is 0.0151. The second kappa shape index (κ2) is 6.44. The van der Waals surface area contributed by atoms with Gasteiger partial charge in [0.15, 0.2) is 5.54 Å². The van der Waals surface area contributed by atoms with Gasteiger partial charge in [-0.25, -0.2) is 9.59 Å². The lowest BCUT2D eigenvalue weighted by Crippen LogP contribution is -2.59. The third-order valence-electron chi connectivity index (χ3n) is 3.84. The molecule has 2 amide bonds. The van der Waals surface area contributed by atoms with Crippen LogP contribution in [-0.2, 0) is 16.0 Å². The first kappa shape index (κ1) is 15.8. The molecule has 1 aliphatic heterocycles. The van der Waals surface area contributed by atoms with E-state index in [4.69, 9.17) is 4.74 Å². The van der Waals surface area contributed by atoms with Crippen molar-refractivity contribution < 1.29 is 19.4 Å². The van der Waals surface area contributed by atoms with Gasteiger partial charge in [-0.05, 0) is 18.4 Å². The second-order valence-electron chi connectivity index (χ2n) is 5.36. The number of urea groups is 1. The van der Waals surface area contributed by atoms with Crippen LogP contribution in [0.5, 0.6) is 0 Å². The number of amides is 2. The molecule has 1 aromatic rings. The molecule has 1 aromatic heterocycles. The van der Waals surface area contributed by atoms with Crippen LogP contribution in [0.1, 0.15) is 18.2 Å². The number of ether oxygens (including phenoxy) is 1. The third-order valence-corrected chi connectivity index (χ3v) is 4.73. The summed E-state index contributed by atoms with van der Waals surface area (Å²) in [4.78, 5) is 26.4. The lowest BCUT2D eigenvalue weighted by Gasteiger charge is -2.30. The molecule has 0 spiro atoms. The van der Waals surface area contributed by atoms with E-state index in [1.165, 1.54) is 4.88 Å². The molecule has 2 N–H and O–H groups in total. The van der Waals surface area contributed by atoms with Crippen LogP contribution in [0.3, 0.4) is 0 Å². The van der Waals surface area contributed by atoms with Gasteiger partial charge in [-0.3, -0.25) is 0 Å². The first-order valence-electron chi connectivity index (χ1n) is 6.83. The highest BCUT2D eigenvalue weighted by Gasteiger charge is 2.44. The standard InChI is InChI=1S/C14H20N2O4S/c1-10(8-11-4-3-7-21-11)16(2)13(19)15-14(12(17)18)5-6-20-9-14/h3-4,7,10H,5-6,8-9H2,1-2H3,(H,15,19)(H,17,18). The van der Waals surface area contributed by atoms with Crippen LogP contribution in [0, 0.1) is 0 Å². The summed E-state index contributed by atoms with van der Waals surface area (Å²) in [6, 6.07) is 3.60. The van der Waals surface area contributed by atoms with Gasteiger partial charge in [0.2, 0.25) is 0 Å². The number of thiophene rings is 1. The molecule has 7 heteroatoms. The summed E-state index contributed by atoms with van der Waals surface area (Å²) >= 11 is 1.64. The van der Waals surface area contributed by atoms with Crippen LogP contribution in [0.4, 0.5) is 4.79 Å². The molecule has 2 unspecified atom stereocenters. The van der Waals surface area contributed by atoms with E-state index < -0.39 is 11.5 Å². The van der Waals surface area contributed by atoms with Crippen LogP contribution in [-0.4, -0.2) is 53.8 Å². The van der Waals surface area contributed by atoms with Crippen molar-refractivity contribution in [1.82, 2.24) is 10.2 Å². The van der Waals surface area contributed by atoms with E-state index in [-0.39, 0.29) is 18.7 Å². The van der Waals surface area contributed by atoms with E-state index >= 15 is 0 Å². The molecule has 21 heavy (non-hydrogen) atoms. The van der Waals surface area contributed by atoms with Gasteiger partial charge in [0, 0.05) is 37.4 Å². The van der Waals surface area contributed by atoms with Crippen molar-refractivity contribution >= 4 is 23.3 Å². The minimum atomic E-state index is -1.30. The predicted molar refractivity (Wildman–Crippen MR) is 79.6 cm³/mol. The number of rotatable bonds is 5. The summed E-state index contributed by atoms with van der Waals surface area (Å²) in [5, 5.41) is 13.9. The molecular formula is C14H20N2O4S. The average Bonchev–Trinajstić information content (AvgIpc) is 3.09. The van der Waals surface area contributed by atoms with Crippen LogP contribution < -0.4 is 5.32 Å². The van der Waals surface area contributed by atoms with Gasteiger partial charge in [0.05, 0.1) is 6.61 Å². The quantitative estimate of drug-likeness (QED) is 0.865. The topological polar surface area (TPSA) is 78.9 Å². The van der Waals surface area contributed by atoms with E-state index in [0.29, 0.717) is 13.0 Å². The third kappa shape index (κ3) is 3.54. The van der Waals surface area contributed by atoms with Crippen molar-refractivity contribution in [3.8, 4) is 0 Å². The zero-order valence-electron chi connectivity index (χ0n) is 12.2. The second-order valence-corrected chi connectivity index (χ2v) is 6.40. The lowest BCUT2D eigenvalue weighted by molar-refractivity contribution is -0.144. The first-order valence-corrected chi connectivity index (χ1v) is 7.71. The number of hydrogen-bond donors (Lipinski definition) is 2. The highest BCUT2D eigenvalue weighted by Crippen LogP contribution is 2.20. The highest BCUT2D eigenvalue weighted by molar-refractivity contribution is 7.09. The maximum Gasteiger partial charge on any atom is 0.332 e. The van der Waals surface area contributed by atoms with Gasteiger partial charge >= 0.3 is 12.0 Å². The number of carboxylic acid groups (broad SMARTS) is 1. The Labute approximate surface area is 127 Å². The Morgan fingerprint density at radius 1 is 1.62 bits per heavy atom. The van der Waals surface area contributed by atoms with Crippen LogP contribution in [0.25, 0.3) is 0 Å². The monoisotopic (exact) mass is 312 g/mol. The van der Waals surface area contributed by atoms with Crippen molar-refractivity contribution in [2.75, 3.05) is 20.3 Å². The number of hydrogen-bond acceptors (Lipinski definition) is 4. The van der Waals surface area contributed by atoms with E-state index in [2.05, 4.69) is 5.32 Å². The number of nitrogens with zero attached hydrogens (tertiary/aromatic N) is 1. The van der Waals surface area contributed by atoms with E-state index in [0.717, 1.165) is 6.42 Å². The fraction of sp³-hybridized carbons (Fsp3) is 0.571. The van der Waals surface area contributed by atoms with E-state index in [1.54, 1.807) is 23.3 Å². The highest BCUT2D eigenvalue weighted by atomic mass is 32.1. The van der Waals surface area contributed by atoms with E-state index in [9.17, 15) is 14.7 Å². The molecule has 2 heterocycles. The molecule has 2 rings (SSSR count). The average molecular weight is 312 g/mol. The zero-order valence-corrected chi connectivity index (χ0v) is 13.0. The van der Waals surface area contributed by atoms with Crippen molar-refractivity contribution in [2.24, 2.45) is 0 Å². The normalized spacial score (nSPS) is 22.8. The maximum absolute atomic E-state index is 12.3. The number of carbonyl (C=O) groups is 2. The molecule has 0 aliphatic carbocycles. The summed E-state index contributed by atoms with van der Waals surface area (Å²) in [6.07, 6.45) is 1.04. The Morgan fingerprint density at radius 3 is 2.90 bits per heavy atom. The van der Waals surface area contributed by atoms with Gasteiger partial charge in [0.1, 0.15) is 0 Å². The van der Waals surface area contributed by atoms with Gasteiger partial charge < -0.3 is 20.1 Å². The molecule has 6 nitrogen and oxygen atoms in total. The Morgan fingerprint density at radius 2 is 2.38 bits per heavy atom.